The molecule has 0 radical (unpaired) electrons. The lowest BCUT2D eigenvalue weighted by molar-refractivity contribution is -0.149. The second kappa shape index (κ2) is 9.86. The molecule has 0 aliphatic rings. The van der Waals surface area contributed by atoms with Crippen molar-refractivity contribution >= 4 is 18.0 Å². The first-order valence-electron chi connectivity index (χ1n) is 7.60. The number of alkyl carbamates (subject to hydrolysis) is 1. The van der Waals surface area contributed by atoms with Crippen molar-refractivity contribution in [3.8, 4) is 0 Å². The summed E-state index contributed by atoms with van der Waals surface area (Å²) in [6.45, 7) is 12.2. The fourth-order valence-corrected chi connectivity index (χ4v) is 1.52. The topological polar surface area (TPSA) is 93.7 Å². The minimum Gasteiger partial charge on any atom is -0.464 e. The number of hydrogen-bond donors (Lipinski definition) is 2. The van der Waals surface area contributed by atoms with E-state index in [-0.39, 0.29) is 19.1 Å². The first-order chi connectivity index (χ1) is 10.6. The number of nitrogens with one attached hydrogen (secondary N) is 2. The zero-order chi connectivity index (χ0) is 18.0. The van der Waals surface area contributed by atoms with Crippen molar-refractivity contribution in [2.24, 2.45) is 5.92 Å². The Labute approximate surface area is 137 Å². The highest BCUT2D eigenvalue weighted by molar-refractivity contribution is 5.87. The van der Waals surface area contributed by atoms with Crippen molar-refractivity contribution in [2.45, 2.75) is 52.7 Å². The highest BCUT2D eigenvalue weighted by Crippen LogP contribution is 2.06. The minimum absolute atomic E-state index is 0.142. The molecule has 7 heteroatoms. The predicted molar refractivity (Wildman–Crippen MR) is 86.8 cm³/mol. The Kier molecular flexibility index (Phi) is 8.98. The molecule has 2 N–H and O–H groups in total. The lowest BCUT2D eigenvalue weighted by Gasteiger charge is -2.22. The van der Waals surface area contributed by atoms with Crippen LogP contribution < -0.4 is 10.6 Å². The van der Waals surface area contributed by atoms with E-state index >= 15 is 0 Å². The van der Waals surface area contributed by atoms with Crippen LogP contribution in [0, 0.1) is 5.92 Å². The van der Waals surface area contributed by atoms with Gasteiger partial charge in [-0.15, -0.1) is 6.58 Å². The van der Waals surface area contributed by atoms with Crippen molar-refractivity contribution in [3.05, 3.63) is 12.7 Å². The first-order valence-corrected chi connectivity index (χ1v) is 7.60. The summed E-state index contributed by atoms with van der Waals surface area (Å²) in [5.74, 6) is -1.14. The third-order valence-electron chi connectivity index (χ3n) is 2.60. The van der Waals surface area contributed by atoms with Crippen molar-refractivity contribution in [1.82, 2.24) is 10.6 Å². The molecule has 0 saturated heterocycles. The number of esters is 1. The van der Waals surface area contributed by atoms with Crippen LogP contribution in [0.2, 0.25) is 0 Å². The summed E-state index contributed by atoms with van der Waals surface area (Å²) in [6, 6.07) is -0.771. The van der Waals surface area contributed by atoms with E-state index in [1.54, 1.807) is 40.7 Å². The minimum atomic E-state index is -0.771. The SMILES string of the molecule is C=CCCOC(=O)C(NC(=O)CNC(=O)OC(C)(C)C)C(C)C. The molecule has 7 nitrogen and oxygen atoms in total. The maximum Gasteiger partial charge on any atom is 0.408 e. The van der Waals surface area contributed by atoms with Crippen LogP contribution >= 0.6 is 0 Å². The van der Waals surface area contributed by atoms with E-state index in [4.69, 9.17) is 9.47 Å². The summed E-state index contributed by atoms with van der Waals surface area (Å²) >= 11 is 0. The molecule has 0 bridgehead atoms. The standard InChI is InChI=1S/C16H28N2O5/c1-7-8-9-22-14(20)13(11(2)3)18-12(19)10-17-15(21)23-16(4,5)6/h7,11,13H,1,8-10H2,2-6H3,(H,17,21)(H,18,19). The van der Waals surface area contributed by atoms with Crippen LogP contribution in [-0.2, 0) is 19.1 Å². The lowest BCUT2D eigenvalue weighted by Crippen LogP contribution is -2.49. The van der Waals surface area contributed by atoms with Gasteiger partial charge in [-0.05, 0) is 33.1 Å². The van der Waals surface area contributed by atoms with Crippen molar-refractivity contribution < 1.29 is 23.9 Å². The molecule has 0 aliphatic heterocycles. The molecule has 2 amide bonds. The van der Waals surface area contributed by atoms with Gasteiger partial charge in [-0.3, -0.25) is 4.79 Å². The van der Waals surface area contributed by atoms with E-state index in [1.165, 1.54) is 0 Å². The Morgan fingerprint density at radius 2 is 1.83 bits per heavy atom. The zero-order valence-electron chi connectivity index (χ0n) is 14.6. The molecule has 0 aromatic heterocycles. The van der Waals surface area contributed by atoms with Crippen LogP contribution in [-0.4, -0.2) is 42.8 Å². The second-order valence-electron chi connectivity index (χ2n) is 6.39. The van der Waals surface area contributed by atoms with Crippen LogP contribution in [0.4, 0.5) is 4.79 Å². The maximum absolute atomic E-state index is 11.9. The molecule has 0 aromatic rings. The van der Waals surface area contributed by atoms with Gasteiger partial charge in [-0.2, -0.15) is 0 Å². The zero-order valence-corrected chi connectivity index (χ0v) is 14.6. The number of carbonyl (C=O) groups excluding carboxylic acids is 3. The summed E-state index contributed by atoms with van der Waals surface area (Å²) < 4.78 is 10.1. The molecule has 132 valence electrons. The van der Waals surface area contributed by atoms with E-state index < -0.39 is 29.6 Å². The fraction of sp³-hybridized carbons (Fsp3) is 0.688. The highest BCUT2D eigenvalue weighted by Gasteiger charge is 2.26. The molecule has 0 saturated carbocycles. The Morgan fingerprint density at radius 3 is 2.30 bits per heavy atom. The average molecular weight is 328 g/mol. The molecular formula is C16H28N2O5. The van der Waals surface area contributed by atoms with Crippen molar-refractivity contribution in [3.63, 3.8) is 0 Å². The summed E-state index contributed by atoms with van der Waals surface area (Å²) in [5, 5.41) is 4.89. The summed E-state index contributed by atoms with van der Waals surface area (Å²) in [7, 11) is 0. The van der Waals surface area contributed by atoms with Gasteiger partial charge >= 0.3 is 12.1 Å². The Morgan fingerprint density at radius 1 is 1.22 bits per heavy atom. The number of amides is 2. The number of hydrogen-bond acceptors (Lipinski definition) is 5. The normalized spacial score (nSPS) is 12.3. The van der Waals surface area contributed by atoms with E-state index in [0.717, 1.165) is 0 Å². The monoisotopic (exact) mass is 328 g/mol. The van der Waals surface area contributed by atoms with Crippen molar-refractivity contribution in [1.29, 1.82) is 0 Å². The fourth-order valence-electron chi connectivity index (χ4n) is 1.52. The smallest absolute Gasteiger partial charge is 0.408 e. The van der Waals surface area contributed by atoms with Crippen molar-refractivity contribution in [2.75, 3.05) is 13.2 Å². The molecule has 0 fully saturated rings. The summed E-state index contributed by atoms with van der Waals surface area (Å²) in [5.41, 5.74) is -0.643. The Bertz CT molecular complexity index is 427. The van der Waals surface area contributed by atoms with Crippen LogP contribution in [0.5, 0.6) is 0 Å². The van der Waals surface area contributed by atoms with Crippen LogP contribution in [0.1, 0.15) is 41.0 Å². The first kappa shape index (κ1) is 20.9. The number of ether oxygens (including phenoxy) is 2. The van der Waals surface area contributed by atoms with Gasteiger partial charge in [0.2, 0.25) is 5.91 Å². The highest BCUT2D eigenvalue weighted by atomic mass is 16.6. The van der Waals surface area contributed by atoms with Gasteiger partial charge in [0.15, 0.2) is 0 Å². The third-order valence-corrected chi connectivity index (χ3v) is 2.60. The molecule has 0 rings (SSSR count). The largest absolute Gasteiger partial charge is 0.464 e. The molecule has 0 heterocycles. The third kappa shape index (κ3) is 10.3. The average Bonchev–Trinajstić information content (AvgIpc) is 2.40. The number of rotatable bonds is 8. The van der Waals surface area contributed by atoms with Gasteiger partial charge in [0.1, 0.15) is 18.2 Å². The maximum atomic E-state index is 11.9. The van der Waals surface area contributed by atoms with Crippen LogP contribution in [0.3, 0.4) is 0 Å². The molecule has 1 atom stereocenters. The van der Waals surface area contributed by atoms with E-state index in [1.807, 2.05) is 0 Å². The van der Waals surface area contributed by atoms with Gasteiger partial charge in [-0.1, -0.05) is 19.9 Å². The van der Waals surface area contributed by atoms with E-state index in [0.29, 0.717) is 6.42 Å². The Hall–Kier alpha value is -2.05. The van der Waals surface area contributed by atoms with Gasteiger partial charge < -0.3 is 20.1 Å². The van der Waals surface area contributed by atoms with E-state index in [2.05, 4.69) is 17.2 Å². The number of carbonyl (C=O) groups is 3. The van der Waals surface area contributed by atoms with Crippen LogP contribution in [0.15, 0.2) is 12.7 Å². The van der Waals surface area contributed by atoms with E-state index in [9.17, 15) is 14.4 Å². The van der Waals surface area contributed by atoms with Gasteiger partial charge in [0.25, 0.3) is 0 Å². The summed E-state index contributed by atoms with van der Waals surface area (Å²) in [6.07, 6.45) is 1.49. The molecule has 1 unspecified atom stereocenters. The predicted octanol–water partition coefficient (Wildman–Crippen LogP) is 1.77. The van der Waals surface area contributed by atoms with Gasteiger partial charge in [0, 0.05) is 0 Å². The van der Waals surface area contributed by atoms with Crippen LogP contribution in [0.25, 0.3) is 0 Å². The Balaban J connectivity index is 4.37. The summed E-state index contributed by atoms with van der Waals surface area (Å²) in [4.78, 5) is 35.3. The molecular weight excluding hydrogens is 300 g/mol. The second-order valence-corrected chi connectivity index (χ2v) is 6.39. The molecule has 0 spiro atoms. The molecule has 23 heavy (non-hydrogen) atoms. The molecule has 0 aromatic carbocycles. The molecule has 0 aliphatic carbocycles. The van der Waals surface area contributed by atoms with Gasteiger partial charge in [-0.25, -0.2) is 9.59 Å². The quantitative estimate of drug-likeness (QED) is 0.402. The lowest BCUT2D eigenvalue weighted by atomic mass is 10.0. The van der Waals surface area contributed by atoms with Gasteiger partial charge in [0.05, 0.1) is 6.61 Å².